The minimum atomic E-state index is -0.0889. The van der Waals surface area contributed by atoms with Crippen molar-refractivity contribution < 1.29 is 5.11 Å². The molecular weight excluding hydrogens is 250 g/mol. The van der Waals surface area contributed by atoms with Crippen molar-refractivity contribution in [1.82, 2.24) is 4.37 Å². The summed E-state index contributed by atoms with van der Waals surface area (Å²) < 4.78 is 5.20. The van der Waals surface area contributed by atoms with Gasteiger partial charge in [0, 0.05) is 4.88 Å². The average Bonchev–Trinajstić information content (AvgIpc) is 2.65. The summed E-state index contributed by atoms with van der Waals surface area (Å²) in [5.74, 6) is 0.455. The zero-order valence-corrected chi connectivity index (χ0v) is 9.64. The molecule has 1 aromatic heterocycles. The maximum Gasteiger partial charge on any atom is 0.0571 e. The van der Waals surface area contributed by atoms with Crippen molar-refractivity contribution in [2.75, 3.05) is 0 Å². The second-order valence-electron chi connectivity index (χ2n) is 3.56. The first-order valence-corrected chi connectivity index (χ1v) is 6.11. The minimum Gasteiger partial charge on any atom is -0.393 e. The third-order valence-corrected chi connectivity index (χ3v) is 4.43. The van der Waals surface area contributed by atoms with Gasteiger partial charge >= 0.3 is 0 Å². The molecule has 72 valence electrons. The standard InChI is InChI=1S/C9H12BrNOS/c10-7-5-11-13-9(7)4-6-2-1-3-8(6)12/h5-6,8,12H,1-4H2. The van der Waals surface area contributed by atoms with E-state index in [1.807, 2.05) is 6.20 Å². The number of hydrogen-bond acceptors (Lipinski definition) is 3. The maximum absolute atomic E-state index is 9.65. The summed E-state index contributed by atoms with van der Waals surface area (Å²) in [5.41, 5.74) is 0. The fraction of sp³-hybridized carbons (Fsp3) is 0.667. The van der Waals surface area contributed by atoms with Gasteiger partial charge in [-0.1, -0.05) is 6.42 Å². The molecule has 1 saturated carbocycles. The van der Waals surface area contributed by atoms with E-state index in [1.165, 1.54) is 22.8 Å². The quantitative estimate of drug-likeness (QED) is 0.888. The second kappa shape index (κ2) is 4.07. The minimum absolute atomic E-state index is 0.0889. The number of aromatic nitrogens is 1. The average molecular weight is 262 g/mol. The Bertz CT molecular complexity index is 289. The highest BCUT2D eigenvalue weighted by Crippen LogP contribution is 2.32. The molecule has 0 bridgehead atoms. The fourth-order valence-corrected chi connectivity index (χ4v) is 3.21. The molecule has 2 nitrogen and oxygen atoms in total. The SMILES string of the molecule is OC1CCCC1Cc1sncc1Br. The number of nitrogens with zero attached hydrogens (tertiary/aromatic N) is 1. The Kier molecular flexibility index (Phi) is 3.01. The van der Waals surface area contributed by atoms with E-state index in [0.717, 1.165) is 23.7 Å². The number of hydrogen-bond donors (Lipinski definition) is 1. The molecule has 4 heteroatoms. The van der Waals surface area contributed by atoms with Crippen LogP contribution in [0, 0.1) is 5.92 Å². The molecule has 0 amide bonds. The Labute approximate surface area is 90.3 Å². The lowest BCUT2D eigenvalue weighted by molar-refractivity contribution is 0.133. The summed E-state index contributed by atoms with van der Waals surface area (Å²) in [7, 11) is 0. The van der Waals surface area contributed by atoms with Crippen molar-refractivity contribution in [3.05, 3.63) is 15.5 Å². The van der Waals surface area contributed by atoms with Gasteiger partial charge in [0.25, 0.3) is 0 Å². The van der Waals surface area contributed by atoms with Gasteiger partial charge in [-0.05, 0) is 52.6 Å². The molecule has 1 fully saturated rings. The van der Waals surface area contributed by atoms with Crippen LogP contribution in [0.4, 0.5) is 0 Å². The van der Waals surface area contributed by atoms with Gasteiger partial charge in [-0.25, -0.2) is 0 Å². The van der Waals surface area contributed by atoms with Gasteiger partial charge in [0.05, 0.1) is 16.8 Å². The molecular formula is C9H12BrNOS. The Morgan fingerprint density at radius 2 is 2.46 bits per heavy atom. The van der Waals surface area contributed by atoms with Gasteiger partial charge < -0.3 is 5.11 Å². The zero-order valence-electron chi connectivity index (χ0n) is 7.24. The highest BCUT2D eigenvalue weighted by Gasteiger charge is 2.26. The van der Waals surface area contributed by atoms with Crippen molar-refractivity contribution in [3.8, 4) is 0 Å². The second-order valence-corrected chi connectivity index (χ2v) is 5.30. The number of halogens is 1. The van der Waals surface area contributed by atoms with Crippen molar-refractivity contribution in [2.45, 2.75) is 31.8 Å². The lowest BCUT2D eigenvalue weighted by Crippen LogP contribution is -2.14. The number of aliphatic hydroxyl groups is 1. The van der Waals surface area contributed by atoms with E-state index in [4.69, 9.17) is 0 Å². The fourth-order valence-electron chi connectivity index (χ4n) is 1.88. The van der Waals surface area contributed by atoms with E-state index in [1.54, 1.807) is 0 Å². The molecule has 0 aliphatic heterocycles. The number of aliphatic hydroxyl groups excluding tert-OH is 1. The highest BCUT2D eigenvalue weighted by atomic mass is 79.9. The topological polar surface area (TPSA) is 33.1 Å². The lowest BCUT2D eigenvalue weighted by Gasteiger charge is -2.12. The van der Waals surface area contributed by atoms with Gasteiger partial charge in [0.1, 0.15) is 0 Å². The van der Waals surface area contributed by atoms with Gasteiger partial charge in [-0.2, -0.15) is 4.37 Å². The van der Waals surface area contributed by atoms with Crippen LogP contribution in [0.5, 0.6) is 0 Å². The van der Waals surface area contributed by atoms with Crippen molar-refractivity contribution in [1.29, 1.82) is 0 Å². The number of rotatable bonds is 2. The molecule has 0 saturated heterocycles. The molecule has 1 aliphatic rings. The Morgan fingerprint density at radius 3 is 3.00 bits per heavy atom. The molecule has 2 unspecified atom stereocenters. The van der Waals surface area contributed by atoms with E-state index in [0.29, 0.717) is 5.92 Å². The molecule has 1 heterocycles. The third-order valence-electron chi connectivity index (χ3n) is 2.66. The van der Waals surface area contributed by atoms with Crippen LogP contribution < -0.4 is 0 Å². The highest BCUT2D eigenvalue weighted by molar-refractivity contribution is 9.10. The molecule has 2 rings (SSSR count). The normalized spacial score (nSPS) is 28.2. The maximum atomic E-state index is 9.65. The van der Waals surface area contributed by atoms with Gasteiger partial charge in [-0.3, -0.25) is 0 Å². The third kappa shape index (κ3) is 2.11. The zero-order chi connectivity index (χ0) is 9.26. The first kappa shape index (κ1) is 9.62. The Balaban J connectivity index is 2.01. The Hall–Kier alpha value is 0.0700. The predicted octanol–water partition coefficient (Wildman–Crippen LogP) is 2.61. The van der Waals surface area contributed by atoms with Crippen molar-refractivity contribution in [3.63, 3.8) is 0 Å². The van der Waals surface area contributed by atoms with Crippen LogP contribution in [0.1, 0.15) is 24.1 Å². The Morgan fingerprint density at radius 1 is 1.62 bits per heavy atom. The monoisotopic (exact) mass is 261 g/mol. The summed E-state index contributed by atoms with van der Waals surface area (Å²) in [6, 6.07) is 0. The van der Waals surface area contributed by atoms with Crippen molar-refractivity contribution in [2.24, 2.45) is 5.92 Å². The van der Waals surface area contributed by atoms with E-state index >= 15 is 0 Å². The van der Waals surface area contributed by atoms with Gasteiger partial charge in [0.2, 0.25) is 0 Å². The largest absolute Gasteiger partial charge is 0.393 e. The van der Waals surface area contributed by atoms with Crippen LogP contribution in [0.25, 0.3) is 0 Å². The van der Waals surface area contributed by atoms with E-state index in [9.17, 15) is 5.11 Å². The lowest BCUT2D eigenvalue weighted by atomic mass is 10.0. The summed E-state index contributed by atoms with van der Waals surface area (Å²) in [4.78, 5) is 1.27. The molecule has 0 spiro atoms. The molecule has 1 aliphatic carbocycles. The van der Waals surface area contributed by atoms with Crippen LogP contribution in [0.15, 0.2) is 10.7 Å². The summed E-state index contributed by atoms with van der Waals surface area (Å²) in [6.07, 6.45) is 6.02. The molecule has 2 atom stereocenters. The predicted molar refractivity (Wildman–Crippen MR) is 56.9 cm³/mol. The molecule has 0 aromatic carbocycles. The van der Waals surface area contributed by atoms with Gasteiger partial charge in [-0.15, -0.1) is 0 Å². The summed E-state index contributed by atoms with van der Waals surface area (Å²) in [5, 5.41) is 9.65. The van der Waals surface area contributed by atoms with Crippen LogP contribution in [0.3, 0.4) is 0 Å². The first-order valence-electron chi connectivity index (χ1n) is 4.54. The smallest absolute Gasteiger partial charge is 0.0571 e. The van der Waals surface area contributed by atoms with E-state index < -0.39 is 0 Å². The van der Waals surface area contributed by atoms with E-state index in [2.05, 4.69) is 20.3 Å². The molecule has 1 N–H and O–H groups in total. The van der Waals surface area contributed by atoms with Crippen LogP contribution in [-0.4, -0.2) is 15.6 Å². The summed E-state index contributed by atoms with van der Waals surface area (Å²) >= 11 is 4.99. The van der Waals surface area contributed by atoms with Crippen LogP contribution >= 0.6 is 27.5 Å². The molecule has 1 aromatic rings. The first-order chi connectivity index (χ1) is 6.27. The molecule has 13 heavy (non-hydrogen) atoms. The summed E-state index contributed by atoms with van der Waals surface area (Å²) in [6.45, 7) is 0. The van der Waals surface area contributed by atoms with E-state index in [-0.39, 0.29) is 6.10 Å². The van der Waals surface area contributed by atoms with Crippen LogP contribution in [0.2, 0.25) is 0 Å². The van der Waals surface area contributed by atoms with Crippen LogP contribution in [-0.2, 0) is 6.42 Å². The van der Waals surface area contributed by atoms with Gasteiger partial charge in [0.15, 0.2) is 0 Å². The molecule has 0 radical (unpaired) electrons. The van der Waals surface area contributed by atoms with Crippen molar-refractivity contribution >= 4 is 27.5 Å².